The molecule has 0 unspecified atom stereocenters. The molecule has 2 N–H and O–H groups in total. The predicted octanol–water partition coefficient (Wildman–Crippen LogP) is 1.98. The van der Waals surface area contributed by atoms with E-state index in [0.717, 1.165) is 35.4 Å². The maximum Gasteiger partial charge on any atom is 0.238 e. The number of nitrogens with zero attached hydrogens (tertiary/aromatic N) is 1. The highest BCUT2D eigenvalue weighted by Gasteiger charge is 2.13. The van der Waals surface area contributed by atoms with Crippen LogP contribution < -0.4 is 10.6 Å². The number of carbonyl (C=O) groups is 1. The fourth-order valence-electron chi connectivity index (χ4n) is 1.82. The van der Waals surface area contributed by atoms with E-state index in [4.69, 9.17) is 0 Å². The number of halogens is 3. The molecule has 0 spiro atoms. The summed E-state index contributed by atoms with van der Waals surface area (Å²) < 4.78 is 1.07. The zero-order chi connectivity index (χ0) is 12.1. The lowest BCUT2D eigenvalue weighted by Gasteiger charge is -2.26. The zero-order valence-corrected chi connectivity index (χ0v) is 14.2. The first-order valence-corrected chi connectivity index (χ1v) is 6.81. The minimum absolute atomic E-state index is 0. The molecule has 0 aromatic heterocycles. The molecular formula is C12H18Cl2IN3O. The van der Waals surface area contributed by atoms with Gasteiger partial charge < -0.3 is 10.6 Å². The van der Waals surface area contributed by atoms with Crippen molar-refractivity contribution < 1.29 is 4.79 Å². The lowest BCUT2D eigenvalue weighted by molar-refractivity contribution is -0.117. The topological polar surface area (TPSA) is 44.4 Å². The van der Waals surface area contributed by atoms with Gasteiger partial charge >= 0.3 is 0 Å². The molecule has 1 heterocycles. The van der Waals surface area contributed by atoms with E-state index in [1.165, 1.54) is 0 Å². The van der Waals surface area contributed by atoms with Crippen molar-refractivity contribution in [3.8, 4) is 0 Å². The SMILES string of the molecule is Cl.Cl.O=C(CN1CCNCC1)Nc1ccccc1I. The Morgan fingerprint density at radius 3 is 2.53 bits per heavy atom. The number of carbonyl (C=O) groups excluding carboxylic acids is 1. The minimum atomic E-state index is 0. The van der Waals surface area contributed by atoms with Gasteiger partial charge in [-0.2, -0.15) is 0 Å². The largest absolute Gasteiger partial charge is 0.324 e. The number of piperazine rings is 1. The van der Waals surface area contributed by atoms with E-state index in [-0.39, 0.29) is 30.7 Å². The molecule has 0 atom stereocenters. The molecule has 1 aromatic carbocycles. The van der Waals surface area contributed by atoms with Crippen LogP contribution >= 0.6 is 47.4 Å². The van der Waals surface area contributed by atoms with E-state index in [1.807, 2.05) is 24.3 Å². The molecule has 1 aromatic rings. The maximum atomic E-state index is 11.9. The summed E-state index contributed by atoms with van der Waals surface area (Å²) in [7, 11) is 0. The van der Waals surface area contributed by atoms with Crippen LogP contribution in [0.5, 0.6) is 0 Å². The van der Waals surface area contributed by atoms with E-state index in [9.17, 15) is 4.79 Å². The van der Waals surface area contributed by atoms with Gasteiger partial charge in [-0.3, -0.25) is 9.69 Å². The third-order valence-electron chi connectivity index (χ3n) is 2.72. The van der Waals surface area contributed by atoms with Gasteiger partial charge in [0.2, 0.25) is 5.91 Å². The predicted molar refractivity (Wildman–Crippen MR) is 91.6 cm³/mol. The first kappa shape index (κ1) is 18.9. The number of amides is 1. The van der Waals surface area contributed by atoms with Crippen LogP contribution in [-0.2, 0) is 4.79 Å². The second kappa shape index (κ2) is 9.77. The van der Waals surface area contributed by atoms with Crippen LogP contribution in [0.4, 0.5) is 5.69 Å². The molecule has 0 saturated carbocycles. The number of nitrogens with one attached hydrogen (secondary N) is 2. The zero-order valence-electron chi connectivity index (χ0n) is 10.4. The summed E-state index contributed by atoms with van der Waals surface area (Å²) in [6.45, 7) is 4.30. The van der Waals surface area contributed by atoms with Crippen LogP contribution in [0.15, 0.2) is 24.3 Å². The molecule has 1 aliphatic rings. The molecule has 0 bridgehead atoms. The van der Waals surface area contributed by atoms with Crippen LogP contribution in [0.2, 0.25) is 0 Å². The van der Waals surface area contributed by atoms with Crippen molar-refractivity contribution in [2.24, 2.45) is 0 Å². The summed E-state index contributed by atoms with van der Waals surface area (Å²) in [5.74, 6) is 0.0658. The fourth-order valence-corrected chi connectivity index (χ4v) is 2.35. The number of hydrogen-bond donors (Lipinski definition) is 2. The Morgan fingerprint density at radius 2 is 1.89 bits per heavy atom. The van der Waals surface area contributed by atoms with Crippen LogP contribution in [-0.4, -0.2) is 43.5 Å². The van der Waals surface area contributed by atoms with Crippen molar-refractivity contribution in [1.29, 1.82) is 0 Å². The smallest absolute Gasteiger partial charge is 0.238 e. The third-order valence-corrected chi connectivity index (χ3v) is 3.67. The number of rotatable bonds is 3. The highest BCUT2D eigenvalue weighted by Crippen LogP contribution is 2.16. The molecular weight excluding hydrogens is 400 g/mol. The van der Waals surface area contributed by atoms with Gasteiger partial charge in [-0.05, 0) is 34.7 Å². The Morgan fingerprint density at radius 1 is 1.26 bits per heavy atom. The van der Waals surface area contributed by atoms with E-state index >= 15 is 0 Å². The highest BCUT2D eigenvalue weighted by atomic mass is 127. The van der Waals surface area contributed by atoms with E-state index in [2.05, 4.69) is 38.1 Å². The summed E-state index contributed by atoms with van der Waals surface area (Å²) in [5, 5.41) is 6.22. The van der Waals surface area contributed by atoms with E-state index < -0.39 is 0 Å². The molecule has 1 amide bonds. The number of para-hydroxylation sites is 1. The van der Waals surface area contributed by atoms with Crippen molar-refractivity contribution in [2.75, 3.05) is 38.0 Å². The van der Waals surface area contributed by atoms with E-state index in [1.54, 1.807) is 0 Å². The molecule has 4 nitrogen and oxygen atoms in total. The second-order valence-electron chi connectivity index (χ2n) is 4.05. The van der Waals surface area contributed by atoms with Gasteiger partial charge in [-0.25, -0.2) is 0 Å². The summed E-state index contributed by atoms with van der Waals surface area (Å²) in [6.07, 6.45) is 0. The molecule has 108 valence electrons. The first-order chi connectivity index (χ1) is 8.25. The Bertz CT molecular complexity index is 400. The molecule has 7 heteroatoms. The van der Waals surface area contributed by atoms with Crippen molar-refractivity contribution in [2.45, 2.75) is 0 Å². The molecule has 1 saturated heterocycles. The van der Waals surface area contributed by atoms with Gasteiger partial charge in [0, 0.05) is 29.7 Å². The van der Waals surface area contributed by atoms with E-state index in [0.29, 0.717) is 6.54 Å². The number of benzene rings is 1. The van der Waals surface area contributed by atoms with Gasteiger partial charge in [0.15, 0.2) is 0 Å². The molecule has 19 heavy (non-hydrogen) atoms. The Balaban J connectivity index is 0.00000162. The molecule has 1 aliphatic heterocycles. The normalized spacial score (nSPS) is 15.0. The molecule has 2 rings (SSSR count). The molecule has 0 radical (unpaired) electrons. The van der Waals surface area contributed by atoms with Crippen molar-refractivity contribution in [3.63, 3.8) is 0 Å². The summed E-state index contributed by atoms with van der Waals surface area (Å²) in [5.41, 5.74) is 0.897. The lowest BCUT2D eigenvalue weighted by Crippen LogP contribution is -2.46. The fraction of sp³-hybridized carbons (Fsp3) is 0.417. The minimum Gasteiger partial charge on any atom is -0.324 e. The van der Waals surface area contributed by atoms with Crippen LogP contribution in [0.25, 0.3) is 0 Å². The molecule has 1 fully saturated rings. The van der Waals surface area contributed by atoms with Crippen LogP contribution in [0, 0.1) is 3.57 Å². The standard InChI is InChI=1S/C12H16IN3O.2ClH/c13-10-3-1-2-4-11(10)15-12(17)9-16-7-5-14-6-8-16;;/h1-4,14H,5-9H2,(H,15,17);2*1H. The first-order valence-electron chi connectivity index (χ1n) is 5.73. The van der Waals surface area contributed by atoms with Gasteiger partial charge in [-0.1, -0.05) is 12.1 Å². The summed E-state index contributed by atoms with van der Waals surface area (Å²) in [6, 6.07) is 7.81. The summed E-state index contributed by atoms with van der Waals surface area (Å²) >= 11 is 2.23. The van der Waals surface area contributed by atoms with Gasteiger partial charge in [0.25, 0.3) is 0 Å². The van der Waals surface area contributed by atoms with Crippen LogP contribution in [0.1, 0.15) is 0 Å². The third kappa shape index (κ3) is 6.27. The highest BCUT2D eigenvalue weighted by molar-refractivity contribution is 14.1. The van der Waals surface area contributed by atoms with Gasteiger partial charge in [0.1, 0.15) is 0 Å². The molecule has 0 aliphatic carbocycles. The monoisotopic (exact) mass is 417 g/mol. The average Bonchev–Trinajstić information content (AvgIpc) is 2.33. The average molecular weight is 418 g/mol. The quantitative estimate of drug-likeness (QED) is 0.739. The maximum absolute atomic E-state index is 11.9. The van der Waals surface area contributed by atoms with Crippen molar-refractivity contribution in [1.82, 2.24) is 10.2 Å². The number of anilines is 1. The Labute approximate surface area is 139 Å². The van der Waals surface area contributed by atoms with Crippen molar-refractivity contribution >= 4 is 59.0 Å². The summed E-state index contributed by atoms with van der Waals surface area (Å²) in [4.78, 5) is 14.0. The van der Waals surface area contributed by atoms with Crippen LogP contribution in [0.3, 0.4) is 0 Å². The Kier molecular flexibility index (Phi) is 9.72. The number of hydrogen-bond acceptors (Lipinski definition) is 3. The van der Waals surface area contributed by atoms with Crippen molar-refractivity contribution in [3.05, 3.63) is 27.8 Å². The lowest BCUT2D eigenvalue weighted by atomic mass is 10.3. The van der Waals surface area contributed by atoms with Gasteiger partial charge in [-0.15, -0.1) is 24.8 Å². The van der Waals surface area contributed by atoms with Gasteiger partial charge in [0.05, 0.1) is 12.2 Å². The Hall–Kier alpha value is -0.0800. The second-order valence-corrected chi connectivity index (χ2v) is 5.22.